The van der Waals surface area contributed by atoms with E-state index < -0.39 is 6.10 Å². The summed E-state index contributed by atoms with van der Waals surface area (Å²) >= 11 is 3.84. The molecule has 30 heavy (non-hydrogen) atoms. The molecule has 0 bridgehead atoms. The summed E-state index contributed by atoms with van der Waals surface area (Å²) < 4.78 is 13.2. The van der Waals surface area contributed by atoms with Crippen LogP contribution in [0.4, 0.5) is 0 Å². The third-order valence-corrected chi connectivity index (χ3v) is 8.22. The van der Waals surface area contributed by atoms with Gasteiger partial charge in [0.15, 0.2) is 11.5 Å². The van der Waals surface area contributed by atoms with Crippen molar-refractivity contribution < 1.29 is 14.6 Å². The van der Waals surface area contributed by atoms with E-state index in [1.807, 2.05) is 6.08 Å². The molecular formula is C24H33BrN2O3. The largest absolute Gasteiger partial charge is 0.493 e. The molecule has 0 aromatic heterocycles. The fourth-order valence-corrected chi connectivity index (χ4v) is 6.44. The molecule has 164 valence electrons. The fourth-order valence-electron chi connectivity index (χ4n) is 5.91. The molecule has 3 aliphatic heterocycles. The Hall–Kier alpha value is -1.08. The Morgan fingerprint density at radius 1 is 1.20 bits per heavy atom. The molecule has 0 saturated carbocycles. The van der Waals surface area contributed by atoms with E-state index in [1.54, 1.807) is 7.11 Å². The summed E-state index contributed by atoms with van der Waals surface area (Å²) in [5, 5.41) is 10.3. The summed E-state index contributed by atoms with van der Waals surface area (Å²) in [6, 6.07) is 2.05. The zero-order chi connectivity index (χ0) is 20.7. The molecule has 1 spiro atoms. The Morgan fingerprint density at radius 3 is 2.80 bits per heavy atom. The molecule has 1 saturated heterocycles. The lowest BCUT2D eigenvalue weighted by atomic mass is 9.69. The number of halogens is 1. The number of hydrogen-bond acceptors (Lipinski definition) is 5. The second-order valence-electron chi connectivity index (χ2n) is 9.33. The molecule has 3 heterocycles. The maximum atomic E-state index is 10.3. The van der Waals surface area contributed by atoms with Gasteiger partial charge in [-0.15, -0.1) is 0 Å². The lowest BCUT2D eigenvalue weighted by Crippen LogP contribution is -2.43. The van der Waals surface area contributed by atoms with Gasteiger partial charge < -0.3 is 19.5 Å². The minimum Gasteiger partial charge on any atom is -0.493 e. The molecule has 1 N–H and O–H groups in total. The van der Waals surface area contributed by atoms with Gasteiger partial charge in [0, 0.05) is 23.0 Å². The van der Waals surface area contributed by atoms with Crippen molar-refractivity contribution in [2.45, 2.75) is 62.7 Å². The van der Waals surface area contributed by atoms with Crippen LogP contribution < -0.4 is 9.47 Å². The topological polar surface area (TPSA) is 45.2 Å². The number of methoxy groups -OCH3 is 1. The van der Waals surface area contributed by atoms with Crippen molar-refractivity contribution in [2.75, 3.05) is 39.8 Å². The highest BCUT2D eigenvalue weighted by atomic mass is 79.9. The zero-order valence-electron chi connectivity index (χ0n) is 17.9. The summed E-state index contributed by atoms with van der Waals surface area (Å²) in [6.07, 6.45) is 10.7. The molecule has 1 aromatic rings. The Balaban J connectivity index is 1.41. The molecule has 1 fully saturated rings. The van der Waals surface area contributed by atoms with Crippen LogP contribution in [0.1, 0.15) is 49.7 Å². The van der Waals surface area contributed by atoms with Gasteiger partial charge in [-0.1, -0.05) is 34.5 Å². The quantitative estimate of drug-likeness (QED) is 0.653. The third kappa shape index (κ3) is 3.60. The Morgan fingerprint density at radius 2 is 2.00 bits per heavy atom. The Bertz CT molecular complexity index is 823. The molecule has 5 rings (SSSR count). The number of piperidine rings is 1. The van der Waals surface area contributed by atoms with Crippen LogP contribution in [0.5, 0.6) is 11.5 Å². The molecule has 0 amide bonds. The highest BCUT2D eigenvalue weighted by molar-refractivity contribution is 9.10. The van der Waals surface area contributed by atoms with Crippen LogP contribution in [-0.2, 0) is 12.0 Å². The standard InChI is InChI=1S/C24H33BrN2O3/c1-29-20-15-19(25)18-16-27(12-5-11-26-9-3-2-4-10-26)13-8-24-7-6-17(28)14-21(24)30-23(20)22(18)24/h6-7,15,17,21,28H,2-5,8-14,16H2,1H3/t17?,21-,24?/m1/s1. The smallest absolute Gasteiger partial charge is 0.166 e. The first-order valence-electron chi connectivity index (χ1n) is 11.5. The number of ether oxygens (including phenoxy) is 2. The van der Waals surface area contributed by atoms with E-state index in [0.717, 1.165) is 42.0 Å². The molecule has 4 aliphatic rings. The summed E-state index contributed by atoms with van der Waals surface area (Å²) in [5.41, 5.74) is 2.44. The third-order valence-electron chi connectivity index (χ3n) is 7.51. The van der Waals surface area contributed by atoms with Crippen molar-refractivity contribution >= 4 is 15.9 Å². The van der Waals surface area contributed by atoms with Crippen LogP contribution in [-0.4, -0.2) is 66.9 Å². The number of rotatable bonds is 5. The monoisotopic (exact) mass is 476 g/mol. The van der Waals surface area contributed by atoms with Crippen molar-refractivity contribution in [3.05, 3.63) is 33.8 Å². The zero-order valence-corrected chi connectivity index (χ0v) is 19.5. The van der Waals surface area contributed by atoms with Crippen LogP contribution in [0, 0.1) is 0 Å². The summed E-state index contributed by atoms with van der Waals surface area (Å²) in [7, 11) is 1.71. The molecule has 3 atom stereocenters. The molecular weight excluding hydrogens is 444 g/mol. The van der Waals surface area contributed by atoms with E-state index >= 15 is 0 Å². The molecule has 1 aromatic carbocycles. The first-order valence-corrected chi connectivity index (χ1v) is 12.3. The predicted octanol–water partition coefficient (Wildman–Crippen LogP) is 3.86. The lowest BCUT2D eigenvalue weighted by Gasteiger charge is -2.36. The van der Waals surface area contributed by atoms with Crippen molar-refractivity contribution in [2.24, 2.45) is 0 Å². The van der Waals surface area contributed by atoms with E-state index in [-0.39, 0.29) is 11.5 Å². The molecule has 6 heteroatoms. The van der Waals surface area contributed by atoms with Gasteiger partial charge in [0.2, 0.25) is 0 Å². The molecule has 5 nitrogen and oxygen atoms in total. The summed E-state index contributed by atoms with van der Waals surface area (Å²) in [5.74, 6) is 1.67. The van der Waals surface area contributed by atoms with E-state index in [2.05, 4.69) is 37.9 Å². The van der Waals surface area contributed by atoms with Crippen LogP contribution in [0.15, 0.2) is 22.7 Å². The first kappa shape index (κ1) is 20.8. The Kier molecular flexibility index (Phi) is 5.86. The van der Waals surface area contributed by atoms with E-state index in [0.29, 0.717) is 6.42 Å². The first-order chi connectivity index (χ1) is 14.6. The molecule has 0 radical (unpaired) electrons. The van der Waals surface area contributed by atoms with Crippen molar-refractivity contribution in [3.63, 3.8) is 0 Å². The second kappa shape index (κ2) is 8.45. The minimum absolute atomic E-state index is 0.0252. The van der Waals surface area contributed by atoms with Crippen molar-refractivity contribution in [1.29, 1.82) is 0 Å². The van der Waals surface area contributed by atoms with Crippen LogP contribution in [0.2, 0.25) is 0 Å². The van der Waals surface area contributed by atoms with E-state index in [9.17, 15) is 5.11 Å². The summed E-state index contributed by atoms with van der Waals surface area (Å²) in [4.78, 5) is 5.24. The number of aliphatic hydroxyl groups excluding tert-OH is 1. The SMILES string of the molecule is COc1cc(Br)c2c3c1O[C@@H]1CC(O)C=CC31CCN(CCCN1CCCCC1)C2. The van der Waals surface area contributed by atoms with Crippen LogP contribution in [0.3, 0.4) is 0 Å². The maximum absolute atomic E-state index is 10.3. The van der Waals surface area contributed by atoms with Gasteiger partial charge in [0.25, 0.3) is 0 Å². The normalized spacial score (nSPS) is 31.0. The van der Waals surface area contributed by atoms with Crippen molar-refractivity contribution in [1.82, 2.24) is 9.80 Å². The van der Waals surface area contributed by atoms with E-state index in [4.69, 9.17) is 9.47 Å². The number of nitrogens with zero attached hydrogens (tertiary/aromatic N) is 2. The maximum Gasteiger partial charge on any atom is 0.166 e. The van der Waals surface area contributed by atoms with Gasteiger partial charge in [-0.05, 0) is 70.0 Å². The van der Waals surface area contributed by atoms with Gasteiger partial charge in [-0.2, -0.15) is 0 Å². The Labute approximate surface area is 188 Å². The average Bonchev–Trinajstić information content (AvgIpc) is 2.98. The predicted molar refractivity (Wildman–Crippen MR) is 121 cm³/mol. The van der Waals surface area contributed by atoms with Gasteiger partial charge in [-0.25, -0.2) is 0 Å². The van der Waals surface area contributed by atoms with Gasteiger partial charge in [-0.3, -0.25) is 4.90 Å². The number of hydrogen-bond donors (Lipinski definition) is 1. The minimum atomic E-state index is -0.434. The number of benzene rings is 1. The second-order valence-corrected chi connectivity index (χ2v) is 10.2. The average molecular weight is 477 g/mol. The number of likely N-dealkylation sites (tertiary alicyclic amines) is 1. The van der Waals surface area contributed by atoms with E-state index in [1.165, 1.54) is 56.4 Å². The fraction of sp³-hybridized carbons (Fsp3) is 0.667. The lowest BCUT2D eigenvalue weighted by molar-refractivity contribution is 0.0807. The molecule has 1 aliphatic carbocycles. The van der Waals surface area contributed by atoms with Crippen LogP contribution >= 0.6 is 15.9 Å². The van der Waals surface area contributed by atoms with Crippen LogP contribution in [0.25, 0.3) is 0 Å². The molecule has 2 unspecified atom stereocenters. The van der Waals surface area contributed by atoms with Gasteiger partial charge in [0.05, 0.1) is 18.6 Å². The van der Waals surface area contributed by atoms with Crippen molar-refractivity contribution in [3.8, 4) is 11.5 Å². The van der Waals surface area contributed by atoms with Gasteiger partial charge >= 0.3 is 0 Å². The van der Waals surface area contributed by atoms with Gasteiger partial charge in [0.1, 0.15) is 6.10 Å². The summed E-state index contributed by atoms with van der Waals surface area (Å²) in [6.45, 7) is 6.85. The number of aliphatic hydroxyl groups is 1. The highest BCUT2D eigenvalue weighted by Gasteiger charge is 2.53. The highest BCUT2D eigenvalue weighted by Crippen LogP contribution is 2.57.